The van der Waals surface area contributed by atoms with Crippen LogP contribution < -0.4 is 10.6 Å². The molecule has 2 fully saturated rings. The van der Waals surface area contributed by atoms with Gasteiger partial charge in [0.05, 0.1) is 5.60 Å². The lowest BCUT2D eigenvalue weighted by Crippen LogP contribution is -2.49. The summed E-state index contributed by atoms with van der Waals surface area (Å²) in [6.45, 7) is 2.28. The molecule has 6 heteroatoms. The molecule has 0 aromatic heterocycles. The molecular weight excluding hydrogens is 288 g/mol. The number of hydrogen-bond acceptors (Lipinski definition) is 3. The van der Waals surface area contributed by atoms with Gasteiger partial charge in [0.25, 0.3) is 0 Å². The average Bonchev–Trinajstić information content (AvgIpc) is 2.92. The van der Waals surface area contributed by atoms with Crippen LogP contribution in [-0.2, 0) is 10.8 Å². The molecular formula is C15H28N2O3S. The van der Waals surface area contributed by atoms with Gasteiger partial charge in [-0.2, -0.15) is 0 Å². The summed E-state index contributed by atoms with van der Waals surface area (Å²) in [6, 6.07) is -0.0965. The first kappa shape index (κ1) is 16.7. The summed E-state index contributed by atoms with van der Waals surface area (Å²) >= 11 is 0. The van der Waals surface area contributed by atoms with Crippen molar-refractivity contribution in [3.63, 3.8) is 0 Å². The molecule has 5 nitrogen and oxygen atoms in total. The van der Waals surface area contributed by atoms with E-state index in [0.29, 0.717) is 12.3 Å². The van der Waals surface area contributed by atoms with Crippen molar-refractivity contribution >= 4 is 16.8 Å². The molecule has 2 amide bonds. The minimum Gasteiger partial charge on any atom is -0.388 e. The largest absolute Gasteiger partial charge is 0.388 e. The first-order valence-electron chi connectivity index (χ1n) is 8.16. The van der Waals surface area contributed by atoms with Gasteiger partial charge in [0.2, 0.25) is 0 Å². The van der Waals surface area contributed by atoms with Gasteiger partial charge in [0.15, 0.2) is 0 Å². The quantitative estimate of drug-likeness (QED) is 0.722. The van der Waals surface area contributed by atoms with Gasteiger partial charge in [0, 0.05) is 34.4 Å². The molecule has 0 radical (unpaired) electrons. The van der Waals surface area contributed by atoms with Gasteiger partial charge in [-0.25, -0.2) is 4.79 Å². The molecule has 2 saturated carbocycles. The molecule has 3 atom stereocenters. The van der Waals surface area contributed by atoms with Crippen LogP contribution in [-0.4, -0.2) is 44.5 Å². The average molecular weight is 316 g/mol. The summed E-state index contributed by atoms with van der Waals surface area (Å²) in [7, 11) is -0.773. The zero-order valence-electron chi connectivity index (χ0n) is 12.9. The Morgan fingerprint density at radius 2 is 2.00 bits per heavy atom. The fraction of sp³-hybridized carbons (Fsp3) is 0.933. The third kappa shape index (κ3) is 4.95. The SMILES string of the molecule is CCS(=O)C1CCCC(NC(=O)NCC2(O)CCCC2)C1. The van der Waals surface area contributed by atoms with E-state index in [4.69, 9.17) is 0 Å². The van der Waals surface area contributed by atoms with E-state index in [9.17, 15) is 14.1 Å². The van der Waals surface area contributed by atoms with Crippen LogP contribution in [0.4, 0.5) is 4.79 Å². The highest BCUT2D eigenvalue weighted by atomic mass is 32.2. The third-order valence-electron chi connectivity index (χ3n) is 4.73. The topological polar surface area (TPSA) is 78.4 Å². The summed E-state index contributed by atoms with van der Waals surface area (Å²) in [5.41, 5.74) is -0.712. The predicted octanol–water partition coefficient (Wildman–Crippen LogP) is 1.67. The van der Waals surface area contributed by atoms with Crippen molar-refractivity contribution in [2.75, 3.05) is 12.3 Å². The van der Waals surface area contributed by atoms with E-state index in [2.05, 4.69) is 10.6 Å². The van der Waals surface area contributed by atoms with Gasteiger partial charge in [-0.3, -0.25) is 4.21 Å². The number of rotatable bonds is 5. The Balaban J connectivity index is 1.73. The van der Waals surface area contributed by atoms with E-state index < -0.39 is 16.4 Å². The Kier molecular flexibility index (Phi) is 6.05. The number of urea groups is 1. The number of carbonyl (C=O) groups is 1. The van der Waals surface area contributed by atoms with Crippen LogP contribution in [0.1, 0.15) is 58.3 Å². The lowest BCUT2D eigenvalue weighted by atomic mass is 9.95. The molecule has 0 spiro atoms. The molecule has 2 rings (SSSR count). The molecule has 21 heavy (non-hydrogen) atoms. The highest BCUT2D eigenvalue weighted by Gasteiger charge is 2.32. The van der Waals surface area contributed by atoms with E-state index in [-0.39, 0.29) is 17.3 Å². The number of aliphatic hydroxyl groups is 1. The van der Waals surface area contributed by atoms with E-state index in [1.807, 2.05) is 6.92 Å². The first-order chi connectivity index (χ1) is 10.0. The van der Waals surface area contributed by atoms with Crippen LogP contribution in [0.5, 0.6) is 0 Å². The summed E-state index contributed by atoms with van der Waals surface area (Å²) in [5, 5.41) is 16.2. The summed E-state index contributed by atoms with van der Waals surface area (Å²) < 4.78 is 11.9. The third-order valence-corrected chi connectivity index (χ3v) is 6.47. The standard InChI is InChI=1S/C15H28N2O3S/c1-2-21(20)13-7-5-6-12(10-13)17-14(18)16-11-15(19)8-3-4-9-15/h12-13,19H,2-11H2,1H3,(H2,16,17,18). The number of hydrogen-bond donors (Lipinski definition) is 3. The van der Waals surface area contributed by atoms with Gasteiger partial charge in [-0.15, -0.1) is 0 Å². The molecule has 0 bridgehead atoms. The van der Waals surface area contributed by atoms with Crippen molar-refractivity contribution < 1.29 is 14.1 Å². The molecule has 0 aromatic rings. The van der Waals surface area contributed by atoms with Crippen molar-refractivity contribution in [2.24, 2.45) is 0 Å². The second kappa shape index (κ2) is 7.58. The van der Waals surface area contributed by atoms with E-state index in [0.717, 1.165) is 51.4 Å². The summed E-state index contributed by atoms with van der Waals surface area (Å²) in [6.07, 6.45) is 7.39. The van der Waals surface area contributed by atoms with Crippen molar-refractivity contribution in [1.82, 2.24) is 10.6 Å². The van der Waals surface area contributed by atoms with Gasteiger partial charge in [-0.1, -0.05) is 26.2 Å². The number of carbonyl (C=O) groups excluding carboxylic acids is 1. The van der Waals surface area contributed by atoms with Crippen LogP contribution in [0.15, 0.2) is 0 Å². The highest BCUT2D eigenvalue weighted by Crippen LogP contribution is 2.28. The maximum Gasteiger partial charge on any atom is 0.315 e. The highest BCUT2D eigenvalue weighted by molar-refractivity contribution is 7.85. The second-order valence-corrected chi connectivity index (χ2v) is 8.42. The van der Waals surface area contributed by atoms with Crippen LogP contribution in [0.2, 0.25) is 0 Å². The molecule has 122 valence electrons. The minimum absolute atomic E-state index is 0.109. The fourth-order valence-electron chi connectivity index (χ4n) is 3.44. The fourth-order valence-corrected chi connectivity index (χ4v) is 4.79. The van der Waals surface area contributed by atoms with Crippen molar-refractivity contribution in [2.45, 2.75) is 75.2 Å². The molecule has 0 saturated heterocycles. The summed E-state index contributed by atoms with van der Waals surface area (Å²) in [5.74, 6) is 0.691. The predicted molar refractivity (Wildman–Crippen MR) is 84.7 cm³/mol. The van der Waals surface area contributed by atoms with Crippen molar-refractivity contribution in [3.05, 3.63) is 0 Å². The Morgan fingerprint density at radius 1 is 1.29 bits per heavy atom. The van der Waals surface area contributed by atoms with E-state index in [1.54, 1.807) is 0 Å². The molecule has 3 unspecified atom stereocenters. The van der Waals surface area contributed by atoms with E-state index in [1.165, 1.54) is 0 Å². The molecule has 2 aliphatic rings. The van der Waals surface area contributed by atoms with Gasteiger partial charge < -0.3 is 15.7 Å². The van der Waals surface area contributed by atoms with Crippen LogP contribution in [0, 0.1) is 0 Å². The minimum atomic E-state index is -0.773. The molecule has 0 aliphatic heterocycles. The monoisotopic (exact) mass is 316 g/mol. The molecule has 0 heterocycles. The normalized spacial score (nSPS) is 29.8. The van der Waals surface area contributed by atoms with Crippen LogP contribution >= 0.6 is 0 Å². The maximum absolute atomic E-state index is 11.9. The number of amides is 2. The molecule has 0 aromatic carbocycles. The smallest absolute Gasteiger partial charge is 0.315 e. The Morgan fingerprint density at radius 3 is 2.67 bits per heavy atom. The number of nitrogens with one attached hydrogen (secondary N) is 2. The zero-order chi connectivity index (χ0) is 15.3. The first-order valence-corrected chi connectivity index (χ1v) is 9.54. The molecule has 3 N–H and O–H groups in total. The van der Waals surface area contributed by atoms with Gasteiger partial charge >= 0.3 is 6.03 Å². The second-order valence-electron chi connectivity index (χ2n) is 6.41. The van der Waals surface area contributed by atoms with E-state index >= 15 is 0 Å². The summed E-state index contributed by atoms with van der Waals surface area (Å²) in [4.78, 5) is 11.9. The Hall–Kier alpha value is -0.620. The lowest BCUT2D eigenvalue weighted by Gasteiger charge is -2.29. The maximum atomic E-state index is 11.9. The van der Waals surface area contributed by atoms with Crippen molar-refractivity contribution in [1.29, 1.82) is 0 Å². The molecule has 2 aliphatic carbocycles. The lowest BCUT2D eigenvalue weighted by molar-refractivity contribution is 0.0499. The Bertz CT molecular complexity index is 383. The van der Waals surface area contributed by atoms with Crippen LogP contribution in [0.25, 0.3) is 0 Å². The van der Waals surface area contributed by atoms with Crippen LogP contribution in [0.3, 0.4) is 0 Å². The van der Waals surface area contributed by atoms with Crippen molar-refractivity contribution in [3.8, 4) is 0 Å². The zero-order valence-corrected chi connectivity index (χ0v) is 13.7. The van der Waals surface area contributed by atoms with Gasteiger partial charge in [-0.05, 0) is 32.1 Å². The Labute approximate surface area is 129 Å². The van der Waals surface area contributed by atoms with Gasteiger partial charge in [0.1, 0.15) is 0 Å².